The first-order chi connectivity index (χ1) is 21.0. The van der Waals surface area contributed by atoms with Crippen LogP contribution in [0.15, 0.2) is 42.7 Å². The average Bonchev–Trinajstić information content (AvgIpc) is 2.98. The van der Waals surface area contributed by atoms with E-state index >= 15 is 4.39 Å². The summed E-state index contributed by atoms with van der Waals surface area (Å²) in [6.07, 6.45) is 2.42. The molecule has 11 nitrogen and oxygen atoms in total. The highest BCUT2D eigenvalue weighted by molar-refractivity contribution is 6.30. The molecule has 2 aliphatic rings. The lowest BCUT2D eigenvalue weighted by atomic mass is 10.1. The molecule has 2 aromatic heterocycles. The number of carbonyl (C=O) groups is 2. The van der Waals surface area contributed by atoms with Gasteiger partial charge < -0.3 is 25.0 Å². The van der Waals surface area contributed by atoms with E-state index in [1.807, 2.05) is 0 Å². The monoisotopic (exact) mass is 625 g/mol. The lowest BCUT2D eigenvalue weighted by Gasteiger charge is -2.32. The minimum absolute atomic E-state index is 0.134. The van der Waals surface area contributed by atoms with Gasteiger partial charge in [-0.25, -0.2) is 14.2 Å². The number of aromatic nitrogens is 2. The Kier molecular flexibility index (Phi) is 9.52. The number of likely N-dealkylation sites (N-methyl/N-ethyl adjacent to an activating group) is 1. The van der Waals surface area contributed by atoms with Gasteiger partial charge in [-0.15, -0.1) is 0 Å². The van der Waals surface area contributed by atoms with Crippen molar-refractivity contribution in [3.05, 3.63) is 59.1 Å². The molecule has 5 rings (SSSR count). The molecule has 0 saturated carbocycles. The van der Waals surface area contributed by atoms with E-state index in [9.17, 15) is 9.59 Å². The standard InChI is InChI=1S/C31H37ClFN7O4/c1-31(2,3)44-30(42)40-15-16-43-27-26(18-25(37-28(27)40)21-17-20(32)5-6-23(21)33)36-24-7-8-34-19-22(24)29(41)35-9-10-39-13-11-38(4)12-14-39/h5-8,17-19H,9-16H2,1-4H3,(H,35,41)(H,34,36,37). The van der Waals surface area contributed by atoms with E-state index in [-0.39, 0.29) is 41.9 Å². The Labute approximate surface area is 261 Å². The number of piperazine rings is 1. The smallest absolute Gasteiger partial charge is 0.416 e. The maximum Gasteiger partial charge on any atom is 0.416 e. The summed E-state index contributed by atoms with van der Waals surface area (Å²) in [4.78, 5) is 41.3. The predicted octanol–water partition coefficient (Wildman–Crippen LogP) is 4.79. The van der Waals surface area contributed by atoms with Crippen LogP contribution < -0.4 is 20.3 Å². The minimum Gasteiger partial charge on any atom is -0.486 e. The van der Waals surface area contributed by atoms with Crippen LogP contribution in [0.2, 0.25) is 5.02 Å². The van der Waals surface area contributed by atoms with Gasteiger partial charge >= 0.3 is 6.09 Å². The van der Waals surface area contributed by atoms with Crippen molar-refractivity contribution in [2.45, 2.75) is 26.4 Å². The van der Waals surface area contributed by atoms with E-state index < -0.39 is 17.5 Å². The number of ether oxygens (including phenoxy) is 2. The van der Waals surface area contributed by atoms with Crippen LogP contribution >= 0.6 is 11.6 Å². The summed E-state index contributed by atoms with van der Waals surface area (Å²) in [5.74, 6) is -0.434. The Morgan fingerprint density at radius 2 is 1.86 bits per heavy atom. The number of hydrogen-bond donors (Lipinski definition) is 2. The van der Waals surface area contributed by atoms with Crippen LogP contribution in [0.4, 0.5) is 26.4 Å². The Morgan fingerprint density at radius 3 is 2.61 bits per heavy atom. The number of nitrogens with one attached hydrogen (secondary N) is 2. The summed E-state index contributed by atoms with van der Waals surface area (Å²) < 4.78 is 26.7. The third-order valence-corrected chi connectivity index (χ3v) is 7.47. The van der Waals surface area contributed by atoms with Crippen molar-refractivity contribution in [2.75, 3.05) is 69.7 Å². The lowest BCUT2D eigenvalue weighted by Crippen LogP contribution is -2.46. The number of fused-ring (bicyclic) bond motifs is 1. The molecule has 3 aromatic rings. The van der Waals surface area contributed by atoms with Gasteiger partial charge in [0.05, 0.1) is 29.2 Å². The normalized spacial score (nSPS) is 15.7. The Hall–Kier alpha value is -4.00. The highest BCUT2D eigenvalue weighted by atomic mass is 35.5. The topological polar surface area (TPSA) is 112 Å². The molecule has 0 bridgehead atoms. The van der Waals surface area contributed by atoms with Gasteiger partial charge in [0.2, 0.25) is 0 Å². The van der Waals surface area contributed by atoms with E-state index in [1.54, 1.807) is 39.1 Å². The number of rotatable bonds is 7. The number of pyridine rings is 2. The van der Waals surface area contributed by atoms with Crippen LogP contribution in [0.5, 0.6) is 5.75 Å². The summed E-state index contributed by atoms with van der Waals surface area (Å²) in [5.41, 5.74) is 0.715. The first kappa shape index (κ1) is 31.4. The molecule has 4 heterocycles. The van der Waals surface area contributed by atoms with Gasteiger partial charge in [-0.1, -0.05) is 11.6 Å². The SMILES string of the molecule is CN1CCN(CCNC(=O)c2cnccc2Nc2cc(-c3cc(Cl)ccc3F)nc3c2OCCN3C(=O)OC(C)(C)C)CC1. The summed E-state index contributed by atoms with van der Waals surface area (Å²) in [6.45, 7) is 10.8. The lowest BCUT2D eigenvalue weighted by molar-refractivity contribution is 0.0566. The van der Waals surface area contributed by atoms with Gasteiger partial charge in [0, 0.05) is 62.2 Å². The van der Waals surface area contributed by atoms with Crippen LogP contribution in [0.3, 0.4) is 0 Å². The second kappa shape index (κ2) is 13.3. The van der Waals surface area contributed by atoms with Crippen molar-refractivity contribution >= 4 is 40.8 Å². The third-order valence-electron chi connectivity index (χ3n) is 7.23. The maximum atomic E-state index is 15.0. The molecule has 2 N–H and O–H groups in total. The fourth-order valence-corrected chi connectivity index (χ4v) is 5.11. The minimum atomic E-state index is -0.753. The van der Waals surface area contributed by atoms with E-state index in [4.69, 9.17) is 21.1 Å². The number of hydrogen-bond acceptors (Lipinski definition) is 9. The summed E-state index contributed by atoms with van der Waals surface area (Å²) >= 11 is 6.21. The van der Waals surface area contributed by atoms with Crippen molar-refractivity contribution in [3.8, 4) is 17.0 Å². The van der Waals surface area contributed by atoms with E-state index in [1.165, 1.54) is 29.3 Å². The molecule has 1 fully saturated rings. The van der Waals surface area contributed by atoms with Gasteiger partial charge in [-0.2, -0.15) is 0 Å². The molecule has 234 valence electrons. The molecular formula is C31H37ClFN7O4. The number of halogens is 2. The quantitative estimate of drug-likeness (QED) is 0.383. The van der Waals surface area contributed by atoms with Crippen molar-refractivity contribution in [1.29, 1.82) is 0 Å². The number of benzene rings is 1. The zero-order chi connectivity index (χ0) is 31.4. The second-order valence-corrected chi connectivity index (χ2v) is 12.2. The molecule has 2 aliphatic heterocycles. The van der Waals surface area contributed by atoms with E-state index in [2.05, 4.69) is 37.4 Å². The van der Waals surface area contributed by atoms with Crippen molar-refractivity contribution in [3.63, 3.8) is 0 Å². The number of nitrogens with zero attached hydrogens (tertiary/aromatic N) is 5. The highest BCUT2D eigenvalue weighted by Gasteiger charge is 2.32. The molecule has 1 aromatic carbocycles. The molecule has 13 heteroatoms. The zero-order valence-corrected chi connectivity index (χ0v) is 26.1. The summed E-state index contributed by atoms with van der Waals surface area (Å²) in [5, 5.41) is 6.57. The Balaban J connectivity index is 1.46. The molecule has 0 atom stereocenters. The molecule has 0 aliphatic carbocycles. The molecule has 0 radical (unpaired) electrons. The highest BCUT2D eigenvalue weighted by Crippen LogP contribution is 2.42. The van der Waals surface area contributed by atoms with E-state index in [0.29, 0.717) is 28.5 Å². The third kappa shape index (κ3) is 7.55. The average molecular weight is 626 g/mol. The fraction of sp³-hybridized carbons (Fsp3) is 0.419. The first-order valence-corrected chi connectivity index (χ1v) is 14.9. The van der Waals surface area contributed by atoms with Crippen LogP contribution in [0, 0.1) is 5.82 Å². The van der Waals surface area contributed by atoms with Crippen molar-refractivity contribution in [2.24, 2.45) is 0 Å². The summed E-state index contributed by atoms with van der Waals surface area (Å²) in [7, 11) is 2.10. The fourth-order valence-electron chi connectivity index (χ4n) is 4.93. The molecule has 2 amide bonds. The second-order valence-electron chi connectivity index (χ2n) is 11.8. The van der Waals surface area contributed by atoms with Crippen LogP contribution in [0.25, 0.3) is 11.3 Å². The van der Waals surface area contributed by atoms with Gasteiger partial charge in [0.25, 0.3) is 5.91 Å². The Morgan fingerprint density at radius 1 is 1.09 bits per heavy atom. The van der Waals surface area contributed by atoms with Crippen LogP contribution in [0.1, 0.15) is 31.1 Å². The maximum absolute atomic E-state index is 15.0. The molecular weight excluding hydrogens is 589 g/mol. The van der Waals surface area contributed by atoms with Crippen LogP contribution in [-0.4, -0.2) is 96.8 Å². The van der Waals surface area contributed by atoms with Crippen molar-refractivity contribution < 1.29 is 23.5 Å². The van der Waals surface area contributed by atoms with Crippen LogP contribution in [-0.2, 0) is 4.74 Å². The molecule has 0 unspecified atom stereocenters. The summed E-state index contributed by atoms with van der Waals surface area (Å²) in [6, 6.07) is 7.42. The Bertz CT molecular complexity index is 1530. The van der Waals surface area contributed by atoms with Gasteiger partial charge in [-0.05, 0) is 58.2 Å². The van der Waals surface area contributed by atoms with Crippen molar-refractivity contribution in [1.82, 2.24) is 25.1 Å². The molecule has 1 saturated heterocycles. The predicted molar refractivity (Wildman–Crippen MR) is 168 cm³/mol. The van der Waals surface area contributed by atoms with Gasteiger partial charge in [-0.3, -0.25) is 19.6 Å². The molecule has 44 heavy (non-hydrogen) atoms. The van der Waals surface area contributed by atoms with Gasteiger partial charge in [0.15, 0.2) is 11.6 Å². The zero-order valence-electron chi connectivity index (χ0n) is 25.3. The van der Waals surface area contributed by atoms with Gasteiger partial charge in [0.1, 0.15) is 18.0 Å². The first-order valence-electron chi connectivity index (χ1n) is 14.5. The number of anilines is 3. The number of amides is 2. The number of carbonyl (C=O) groups excluding carboxylic acids is 2. The molecule has 0 spiro atoms. The largest absolute Gasteiger partial charge is 0.486 e. The van der Waals surface area contributed by atoms with E-state index in [0.717, 1.165) is 32.7 Å².